The minimum Gasteiger partial charge on any atom is -0.317 e. The number of nitrogens with zero attached hydrogens (tertiary/aromatic N) is 1. The first-order valence-electron chi connectivity index (χ1n) is 7.11. The summed E-state index contributed by atoms with van der Waals surface area (Å²) in [7, 11) is 0. The van der Waals surface area contributed by atoms with E-state index in [1.165, 1.54) is 45.3 Å². The molecule has 0 aliphatic carbocycles. The van der Waals surface area contributed by atoms with E-state index in [9.17, 15) is 0 Å². The van der Waals surface area contributed by atoms with E-state index < -0.39 is 0 Å². The zero-order valence-corrected chi connectivity index (χ0v) is 11.6. The molecular formula is C14H30N2. The molecule has 2 heteroatoms. The quantitative estimate of drug-likeness (QED) is 0.701. The minimum absolute atomic E-state index is 0.738. The van der Waals surface area contributed by atoms with Gasteiger partial charge in [-0.25, -0.2) is 0 Å². The van der Waals surface area contributed by atoms with Crippen LogP contribution in [0.2, 0.25) is 0 Å². The van der Waals surface area contributed by atoms with Gasteiger partial charge in [-0.3, -0.25) is 4.90 Å². The van der Waals surface area contributed by atoms with Crippen LogP contribution in [0.4, 0.5) is 0 Å². The van der Waals surface area contributed by atoms with Crippen molar-refractivity contribution in [1.82, 2.24) is 10.2 Å². The molecule has 0 bridgehead atoms. The highest BCUT2D eigenvalue weighted by Gasteiger charge is 2.26. The van der Waals surface area contributed by atoms with Crippen molar-refractivity contribution >= 4 is 0 Å². The van der Waals surface area contributed by atoms with Crippen LogP contribution in [0.25, 0.3) is 0 Å². The van der Waals surface area contributed by atoms with Crippen LogP contribution in [-0.2, 0) is 0 Å². The lowest BCUT2D eigenvalue weighted by molar-refractivity contribution is 0.0806. The molecule has 1 saturated heterocycles. The molecule has 0 spiro atoms. The Kier molecular flexibility index (Phi) is 6.37. The Hall–Kier alpha value is -0.0800. The average molecular weight is 226 g/mol. The topological polar surface area (TPSA) is 15.3 Å². The van der Waals surface area contributed by atoms with E-state index in [2.05, 4.69) is 37.9 Å². The predicted molar refractivity (Wildman–Crippen MR) is 71.8 cm³/mol. The second-order valence-corrected chi connectivity index (χ2v) is 5.62. The summed E-state index contributed by atoms with van der Waals surface area (Å²) < 4.78 is 0. The SMILES string of the molecule is CCCNCCC(C)N1CC(C)CCC1C. The van der Waals surface area contributed by atoms with Gasteiger partial charge in [0.05, 0.1) is 0 Å². The lowest BCUT2D eigenvalue weighted by atomic mass is 9.93. The van der Waals surface area contributed by atoms with Gasteiger partial charge in [0, 0.05) is 18.6 Å². The van der Waals surface area contributed by atoms with Gasteiger partial charge in [0.1, 0.15) is 0 Å². The molecule has 96 valence electrons. The van der Waals surface area contributed by atoms with Gasteiger partial charge in [0.2, 0.25) is 0 Å². The molecular weight excluding hydrogens is 196 g/mol. The molecule has 16 heavy (non-hydrogen) atoms. The molecule has 0 aromatic carbocycles. The maximum Gasteiger partial charge on any atom is 0.00819 e. The number of likely N-dealkylation sites (tertiary alicyclic amines) is 1. The third kappa shape index (κ3) is 4.42. The van der Waals surface area contributed by atoms with E-state index in [0.29, 0.717) is 0 Å². The van der Waals surface area contributed by atoms with Gasteiger partial charge in [-0.1, -0.05) is 13.8 Å². The van der Waals surface area contributed by atoms with E-state index in [4.69, 9.17) is 0 Å². The molecule has 1 fully saturated rings. The fourth-order valence-electron chi connectivity index (χ4n) is 2.72. The Bertz CT molecular complexity index is 182. The number of piperidine rings is 1. The van der Waals surface area contributed by atoms with E-state index in [0.717, 1.165) is 18.0 Å². The molecule has 0 aromatic rings. The highest BCUT2D eigenvalue weighted by molar-refractivity contribution is 4.81. The van der Waals surface area contributed by atoms with E-state index in [1.54, 1.807) is 0 Å². The van der Waals surface area contributed by atoms with Crippen molar-refractivity contribution in [2.45, 2.75) is 65.5 Å². The second kappa shape index (κ2) is 7.29. The van der Waals surface area contributed by atoms with Crippen LogP contribution in [-0.4, -0.2) is 36.6 Å². The van der Waals surface area contributed by atoms with Gasteiger partial charge in [-0.2, -0.15) is 0 Å². The Labute approximate surface area is 102 Å². The summed E-state index contributed by atoms with van der Waals surface area (Å²) in [5.41, 5.74) is 0. The zero-order chi connectivity index (χ0) is 12.0. The molecule has 0 saturated carbocycles. The van der Waals surface area contributed by atoms with E-state index in [-0.39, 0.29) is 0 Å². The maximum atomic E-state index is 3.50. The van der Waals surface area contributed by atoms with Crippen LogP contribution in [0.15, 0.2) is 0 Å². The van der Waals surface area contributed by atoms with Gasteiger partial charge in [0.25, 0.3) is 0 Å². The minimum atomic E-state index is 0.738. The summed E-state index contributed by atoms with van der Waals surface area (Å²) in [5, 5.41) is 3.50. The summed E-state index contributed by atoms with van der Waals surface area (Å²) in [5.74, 6) is 0.891. The third-order valence-corrected chi connectivity index (χ3v) is 3.90. The van der Waals surface area contributed by atoms with Crippen molar-refractivity contribution in [3.05, 3.63) is 0 Å². The Balaban J connectivity index is 2.25. The fourth-order valence-corrected chi connectivity index (χ4v) is 2.72. The largest absolute Gasteiger partial charge is 0.317 e. The van der Waals surface area contributed by atoms with Gasteiger partial charge in [0.15, 0.2) is 0 Å². The molecule has 0 amide bonds. The van der Waals surface area contributed by atoms with Crippen molar-refractivity contribution in [3.8, 4) is 0 Å². The lowest BCUT2D eigenvalue weighted by Gasteiger charge is -2.41. The monoisotopic (exact) mass is 226 g/mol. The lowest BCUT2D eigenvalue weighted by Crippen LogP contribution is -2.47. The summed E-state index contributed by atoms with van der Waals surface area (Å²) >= 11 is 0. The highest BCUT2D eigenvalue weighted by atomic mass is 15.2. The van der Waals surface area contributed by atoms with Crippen molar-refractivity contribution < 1.29 is 0 Å². The van der Waals surface area contributed by atoms with Gasteiger partial charge >= 0.3 is 0 Å². The van der Waals surface area contributed by atoms with Crippen molar-refractivity contribution in [2.75, 3.05) is 19.6 Å². The number of hydrogen-bond donors (Lipinski definition) is 1. The molecule has 3 unspecified atom stereocenters. The number of nitrogens with one attached hydrogen (secondary N) is 1. The molecule has 0 radical (unpaired) electrons. The van der Waals surface area contributed by atoms with Crippen molar-refractivity contribution in [3.63, 3.8) is 0 Å². The average Bonchev–Trinajstić information content (AvgIpc) is 2.27. The van der Waals surface area contributed by atoms with Crippen LogP contribution < -0.4 is 5.32 Å². The molecule has 3 atom stereocenters. The summed E-state index contributed by atoms with van der Waals surface area (Å²) in [6.45, 7) is 13.0. The molecule has 0 aromatic heterocycles. The fraction of sp³-hybridized carbons (Fsp3) is 1.00. The summed E-state index contributed by atoms with van der Waals surface area (Å²) in [6.07, 6.45) is 5.33. The van der Waals surface area contributed by atoms with Gasteiger partial charge in [-0.15, -0.1) is 0 Å². The molecule has 1 aliphatic heterocycles. The Morgan fingerprint density at radius 3 is 2.69 bits per heavy atom. The molecule has 1 aliphatic rings. The molecule has 2 nitrogen and oxygen atoms in total. The van der Waals surface area contributed by atoms with Gasteiger partial charge < -0.3 is 5.32 Å². The van der Waals surface area contributed by atoms with E-state index >= 15 is 0 Å². The normalized spacial score (nSPS) is 29.2. The first-order chi connectivity index (χ1) is 7.65. The van der Waals surface area contributed by atoms with Crippen LogP contribution in [0.3, 0.4) is 0 Å². The van der Waals surface area contributed by atoms with Crippen LogP contribution in [0.5, 0.6) is 0 Å². The number of rotatable bonds is 6. The molecule has 1 heterocycles. The number of hydrogen-bond acceptors (Lipinski definition) is 2. The maximum absolute atomic E-state index is 3.50. The van der Waals surface area contributed by atoms with Crippen molar-refractivity contribution in [1.29, 1.82) is 0 Å². The summed E-state index contributed by atoms with van der Waals surface area (Å²) in [6, 6.07) is 1.53. The van der Waals surface area contributed by atoms with E-state index in [1.807, 2.05) is 0 Å². The van der Waals surface area contributed by atoms with Crippen molar-refractivity contribution in [2.24, 2.45) is 5.92 Å². The second-order valence-electron chi connectivity index (χ2n) is 5.62. The first kappa shape index (κ1) is 14.0. The Morgan fingerprint density at radius 2 is 2.00 bits per heavy atom. The first-order valence-corrected chi connectivity index (χ1v) is 7.11. The Morgan fingerprint density at radius 1 is 1.25 bits per heavy atom. The zero-order valence-electron chi connectivity index (χ0n) is 11.6. The molecule has 1 rings (SSSR count). The third-order valence-electron chi connectivity index (χ3n) is 3.90. The van der Waals surface area contributed by atoms with Crippen LogP contribution in [0, 0.1) is 5.92 Å². The van der Waals surface area contributed by atoms with Crippen LogP contribution >= 0.6 is 0 Å². The summed E-state index contributed by atoms with van der Waals surface area (Å²) in [4.78, 5) is 2.71. The standard InChI is InChI=1S/C14H30N2/c1-5-9-15-10-8-14(4)16-11-12(2)6-7-13(16)3/h12-15H,5-11H2,1-4H3. The smallest absolute Gasteiger partial charge is 0.00819 e. The van der Waals surface area contributed by atoms with Crippen LogP contribution in [0.1, 0.15) is 53.4 Å². The van der Waals surface area contributed by atoms with Gasteiger partial charge in [-0.05, 0) is 58.5 Å². The predicted octanol–water partition coefficient (Wildman–Crippen LogP) is 2.89. The highest BCUT2D eigenvalue weighted by Crippen LogP contribution is 2.24. The molecule has 1 N–H and O–H groups in total.